The minimum atomic E-state index is -3.83. The van der Waals surface area contributed by atoms with Gasteiger partial charge in [-0.2, -0.15) is 0 Å². The van der Waals surface area contributed by atoms with Crippen LogP contribution in [0, 0.1) is 6.92 Å². The van der Waals surface area contributed by atoms with Crippen molar-refractivity contribution in [2.45, 2.75) is 31.6 Å². The number of unbranched alkanes of at least 4 members (excludes halogenated alkanes) is 1. The van der Waals surface area contributed by atoms with E-state index in [1.54, 1.807) is 6.92 Å². The molecule has 20 heavy (non-hydrogen) atoms. The normalized spacial score (nSPS) is 11.6. The number of carbonyl (C=O) groups excluding carboxylic acids is 1. The van der Waals surface area contributed by atoms with Crippen LogP contribution in [0.25, 0.3) is 0 Å². The maximum absolute atomic E-state index is 11.7. The average Bonchev–Trinajstić information content (AvgIpc) is 2.75. The summed E-state index contributed by atoms with van der Waals surface area (Å²) in [5, 5.41) is 0. The number of halogens is 1. The first-order valence-electron chi connectivity index (χ1n) is 6.16. The Morgan fingerprint density at radius 2 is 2.05 bits per heavy atom. The van der Waals surface area contributed by atoms with Gasteiger partial charge in [-0.15, -0.1) is 11.3 Å². The smallest absolute Gasteiger partial charge is 0.348 e. The van der Waals surface area contributed by atoms with Gasteiger partial charge in [0.25, 0.3) is 9.05 Å². The van der Waals surface area contributed by atoms with E-state index in [2.05, 4.69) is 6.92 Å². The van der Waals surface area contributed by atoms with Gasteiger partial charge in [-0.1, -0.05) is 13.3 Å². The Kier molecular flexibility index (Phi) is 6.94. The van der Waals surface area contributed by atoms with Gasteiger partial charge in [0.05, 0.1) is 11.5 Å². The second kappa shape index (κ2) is 7.97. The van der Waals surface area contributed by atoms with E-state index in [1.165, 1.54) is 6.07 Å². The second-order valence-corrected chi connectivity index (χ2v) is 7.86. The molecule has 0 aliphatic rings. The van der Waals surface area contributed by atoms with Gasteiger partial charge in [-0.25, -0.2) is 13.2 Å². The van der Waals surface area contributed by atoms with Gasteiger partial charge >= 0.3 is 5.97 Å². The number of esters is 1. The van der Waals surface area contributed by atoms with Crippen LogP contribution in [0.2, 0.25) is 0 Å². The molecule has 0 radical (unpaired) electrons. The van der Waals surface area contributed by atoms with Crippen LogP contribution in [-0.2, 0) is 18.5 Å². The summed E-state index contributed by atoms with van der Waals surface area (Å²) in [6, 6.07) is 1.24. The van der Waals surface area contributed by atoms with Crippen LogP contribution < -0.4 is 0 Å². The van der Waals surface area contributed by atoms with Crippen molar-refractivity contribution >= 4 is 37.0 Å². The van der Waals surface area contributed by atoms with E-state index < -0.39 is 15.0 Å². The standard InChI is InChI=1S/C12H17ClO5S2/c1-3-4-5-17-6-7-18-12(14)10-8-11(9(2)19-10)20(13,15)16/h8H,3-7H2,1-2H3. The zero-order valence-corrected chi connectivity index (χ0v) is 13.7. The summed E-state index contributed by atoms with van der Waals surface area (Å²) >= 11 is 1.04. The summed E-state index contributed by atoms with van der Waals surface area (Å²) < 4.78 is 32.8. The van der Waals surface area contributed by atoms with Crippen molar-refractivity contribution in [3.63, 3.8) is 0 Å². The Bertz CT molecular complexity index is 550. The lowest BCUT2D eigenvalue weighted by molar-refractivity contribution is 0.0318. The van der Waals surface area contributed by atoms with Crippen molar-refractivity contribution < 1.29 is 22.7 Å². The molecule has 0 spiro atoms. The monoisotopic (exact) mass is 340 g/mol. The Labute approximate surface area is 127 Å². The SMILES string of the molecule is CCCCOCCOC(=O)c1cc(S(=O)(=O)Cl)c(C)s1. The zero-order chi connectivity index (χ0) is 15.2. The maximum atomic E-state index is 11.7. The maximum Gasteiger partial charge on any atom is 0.348 e. The Hall–Kier alpha value is -0.630. The van der Waals surface area contributed by atoms with E-state index in [1.807, 2.05) is 0 Å². The highest BCUT2D eigenvalue weighted by Gasteiger charge is 2.20. The fourth-order valence-electron chi connectivity index (χ4n) is 1.42. The third-order valence-corrected chi connectivity index (χ3v) is 5.05. The lowest BCUT2D eigenvalue weighted by Crippen LogP contribution is -2.10. The minimum Gasteiger partial charge on any atom is -0.459 e. The number of ether oxygens (including phenoxy) is 2. The predicted octanol–water partition coefficient (Wildman–Crippen LogP) is 2.96. The molecule has 8 heteroatoms. The van der Waals surface area contributed by atoms with Gasteiger partial charge in [-0.3, -0.25) is 0 Å². The topological polar surface area (TPSA) is 69.7 Å². The van der Waals surface area contributed by atoms with Gasteiger partial charge in [0.15, 0.2) is 0 Å². The fourth-order valence-corrected chi connectivity index (χ4v) is 3.98. The molecule has 0 amide bonds. The number of carbonyl (C=O) groups is 1. The number of hydrogen-bond donors (Lipinski definition) is 0. The molecule has 0 fully saturated rings. The molecule has 0 saturated heterocycles. The Balaban J connectivity index is 2.49. The fraction of sp³-hybridized carbons (Fsp3) is 0.583. The third kappa shape index (κ3) is 5.40. The average molecular weight is 341 g/mol. The van der Waals surface area contributed by atoms with Crippen LogP contribution in [0.3, 0.4) is 0 Å². The van der Waals surface area contributed by atoms with Gasteiger partial charge in [0, 0.05) is 22.2 Å². The van der Waals surface area contributed by atoms with Crippen LogP contribution in [0.1, 0.15) is 34.3 Å². The van der Waals surface area contributed by atoms with Crippen molar-refractivity contribution in [2.75, 3.05) is 19.8 Å². The molecular weight excluding hydrogens is 324 g/mol. The number of rotatable bonds is 8. The third-order valence-electron chi connectivity index (χ3n) is 2.44. The zero-order valence-electron chi connectivity index (χ0n) is 11.3. The van der Waals surface area contributed by atoms with Crippen molar-refractivity contribution in [3.05, 3.63) is 15.8 Å². The van der Waals surface area contributed by atoms with E-state index in [9.17, 15) is 13.2 Å². The lowest BCUT2D eigenvalue weighted by atomic mass is 10.4. The molecule has 1 aromatic heterocycles. The van der Waals surface area contributed by atoms with Crippen LogP contribution in [0.5, 0.6) is 0 Å². The molecule has 5 nitrogen and oxygen atoms in total. The van der Waals surface area contributed by atoms with Crippen molar-refractivity contribution in [1.82, 2.24) is 0 Å². The van der Waals surface area contributed by atoms with Crippen molar-refractivity contribution in [3.8, 4) is 0 Å². The molecule has 0 saturated carbocycles. The van der Waals surface area contributed by atoms with Crippen LogP contribution in [-0.4, -0.2) is 34.2 Å². The molecule has 0 atom stereocenters. The second-order valence-electron chi connectivity index (χ2n) is 4.07. The van der Waals surface area contributed by atoms with E-state index in [-0.39, 0.29) is 16.4 Å². The van der Waals surface area contributed by atoms with Gasteiger partial charge in [0.2, 0.25) is 0 Å². The first-order chi connectivity index (χ1) is 9.36. The molecule has 1 heterocycles. The molecule has 0 aromatic carbocycles. The quantitative estimate of drug-likeness (QED) is 0.413. The van der Waals surface area contributed by atoms with E-state index >= 15 is 0 Å². The summed E-state index contributed by atoms with van der Waals surface area (Å²) in [5.41, 5.74) is 0. The van der Waals surface area contributed by atoms with E-state index in [0.29, 0.717) is 18.1 Å². The molecule has 114 valence electrons. The Morgan fingerprint density at radius 3 is 2.60 bits per heavy atom. The summed E-state index contributed by atoms with van der Waals surface area (Å²) in [6.45, 7) is 4.76. The van der Waals surface area contributed by atoms with Crippen molar-refractivity contribution in [1.29, 1.82) is 0 Å². The highest BCUT2D eigenvalue weighted by Crippen LogP contribution is 2.28. The number of hydrogen-bond acceptors (Lipinski definition) is 6. The number of aryl methyl sites for hydroxylation is 1. The Morgan fingerprint density at radius 1 is 1.35 bits per heavy atom. The summed E-state index contributed by atoms with van der Waals surface area (Å²) in [5.74, 6) is -0.566. The molecule has 0 unspecified atom stereocenters. The first kappa shape index (κ1) is 17.4. The highest BCUT2D eigenvalue weighted by atomic mass is 35.7. The summed E-state index contributed by atoms with van der Waals surface area (Å²) in [4.78, 5) is 12.4. The predicted molar refractivity (Wildman–Crippen MR) is 78.1 cm³/mol. The first-order valence-corrected chi connectivity index (χ1v) is 9.28. The van der Waals surface area contributed by atoms with Crippen molar-refractivity contribution in [2.24, 2.45) is 0 Å². The van der Waals surface area contributed by atoms with E-state index in [4.69, 9.17) is 20.2 Å². The van der Waals surface area contributed by atoms with Crippen LogP contribution in [0.4, 0.5) is 0 Å². The lowest BCUT2D eigenvalue weighted by Gasteiger charge is -2.04. The van der Waals surface area contributed by atoms with Gasteiger partial charge in [0.1, 0.15) is 11.5 Å². The summed E-state index contributed by atoms with van der Waals surface area (Å²) in [6.07, 6.45) is 2.01. The summed E-state index contributed by atoms with van der Waals surface area (Å²) in [7, 11) is 1.43. The van der Waals surface area contributed by atoms with Crippen LogP contribution >= 0.6 is 22.0 Å². The molecule has 0 N–H and O–H groups in total. The largest absolute Gasteiger partial charge is 0.459 e. The van der Waals surface area contributed by atoms with E-state index in [0.717, 1.165) is 24.2 Å². The highest BCUT2D eigenvalue weighted by molar-refractivity contribution is 8.13. The molecule has 1 rings (SSSR count). The number of thiophene rings is 1. The molecule has 0 aliphatic carbocycles. The molecular formula is C12H17ClO5S2. The molecule has 0 bridgehead atoms. The molecule has 0 aliphatic heterocycles. The van der Waals surface area contributed by atoms with Crippen LogP contribution in [0.15, 0.2) is 11.0 Å². The van der Waals surface area contributed by atoms with Gasteiger partial charge < -0.3 is 9.47 Å². The minimum absolute atomic E-state index is 0.0460. The van der Waals surface area contributed by atoms with Gasteiger partial charge in [-0.05, 0) is 19.4 Å². The molecule has 1 aromatic rings.